The van der Waals surface area contributed by atoms with Gasteiger partial charge in [0.2, 0.25) is 0 Å². The molecule has 2 rings (SSSR count). The number of ether oxygens (including phenoxy) is 1. The number of aliphatic hydroxyl groups excluding tert-OH is 1. The maximum Gasteiger partial charge on any atom is 0.120 e. The minimum atomic E-state index is 0.189. The van der Waals surface area contributed by atoms with Gasteiger partial charge in [-0.05, 0) is 36.8 Å². The van der Waals surface area contributed by atoms with Crippen LogP contribution in [0.4, 0.5) is 0 Å². The molecule has 0 aromatic heterocycles. The minimum absolute atomic E-state index is 0.189. The number of benzene rings is 2. The van der Waals surface area contributed by atoms with E-state index >= 15 is 0 Å². The molecular weight excluding hydrogens is 250 g/mol. The van der Waals surface area contributed by atoms with E-state index in [4.69, 9.17) is 9.84 Å². The summed E-state index contributed by atoms with van der Waals surface area (Å²) >= 11 is 0. The van der Waals surface area contributed by atoms with Gasteiger partial charge in [0.25, 0.3) is 0 Å². The van der Waals surface area contributed by atoms with E-state index < -0.39 is 0 Å². The fourth-order valence-corrected chi connectivity index (χ4v) is 2.29. The van der Waals surface area contributed by atoms with Gasteiger partial charge >= 0.3 is 0 Å². The second kappa shape index (κ2) is 7.27. The molecule has 0 fully saturated rings. The summed E-state index contributed by atoms with van der Waals surface area (Å²) in [6.45, 7) is 6.60. The highest BCUT2D eigenvalue weighted by atomic mass is 16.5. The molecule has 0 unspecified atom stereocenters. The Bertz CT molecular complexity index is 539. The average Bonchev–Trinajstić information content (AvgIpc) is 2.46. The van der Waals surface area contributed by atoms with Gasteiger partial charge in [0, 0.05) is 19.1 Å². The molecule has 0 radical (unpaired) electrons. The highest BCUT2D eigenvalue weighted by molar-refractivity contribution is 5.83. The second-order valence-corrected chi connectivity index (χ2v) is 5.21. The van der Waals surface area contributed by atoms with E-state index in [-0.39, 0.29) is 6.61 Å². The Morgan fingerprint density at radius 1 is 1.05 bits per heavy atom. The third-order valence-electron chi connectivity index (χ3n) is 3.49. The first-order valence-corrected chi connectivity index (χ1v) is 7.17. The molecular formula is C17H23NO2. The lowest BCUT2D eigenvalue weighted by Gasteiger charge is -2.25. The van der Waals surface area contributed by atoms with Crippen LogP contribution >= 0.6 is 0 Å². The highest BCUT2D eigenvalue weighted by Gasteiger charge is 2.08. The van der Waals surface area contributed by atoms with Gasteiger partial charge in [-0.2, -0.15) is 0 Å². The monoisotopic (exact) mass is 273 g/mol. The highest BCUT2D eigenvalue weighted by Crippen LogP contribution is 2.20. The summed E-state index contributed by atoms with van der Waals surface area (Å²) in [6, 6.07) is 14.8. The third kappa shape index (κ3) is 3.95. The predicted molar refractivity (Wildman–Crippen MR) is 83.2 cm³/mol. The van der Waals surface area contributed by atoms with Crippen LogP contribution in [-0.2, 0) is 0 Å². The number of hydrogen-bond donors (Lipinski definition) is 1. The number of rotatable bonds is 7. The fraction of sp³-hybridized carbons (Fsp3) is 0.412. The van der Waals surface area contributed by atoms with E-state index in [2.05, 4.69) is 43.0 Å². The van der Waals surface area contributed by atoms with Crippen molar-refractivity contribution in [3.05, 3.63) is 42.5 Å². The number of nitrogens with zero attached hydrogens (tertiary/aromatic N) is 1. The summed E-state index contributed by atoms with van der Waals surface area (Å²) in [6.07, 6.45) is 0. The second-order valence-electron chi connectivity index (χ2n) is 5.21. The normalized spacial score (nSPS) is 11.4. The number of fused-ring (bicyclic) bond motifs is 1. The summed E-state index contributed by atoms with van der Waals surface area (Å²) in [7, 11) is 0. The summed E-state index contributed by atoms with van der Waals surface area (Å²) < 4.78 is 5.82. The van der Waals surface area contributed by atoms with E-state index in [1.165, 1.54) is 10.8 Å². The molecule has 3 nitrogen and oxygen atoms in total. The summed E-state index contributed by atoms with van der Waals surface area (Å²) in [5.41, 5.74) is 0. The fourth-order valence-electron chi connectivity index (χ4n) is 2.29. The zero-order chi connectivity index (χ0) is 14.4. The zero-order valence-corrected chi connectivity index (χ0v) is 12.2. The molecule has 3 heteroatoms. The van der Waals surface area contributed by atoms with Crippen molar-refractivity contribution < 1.29 is 9.84 Å². The molecule has 0 aliphatic carbocycles. The molecule has 1 N–H and O–H groups in total. The average molecular weight is 273 g/mol. The van der Waals surface area contributed by atoms with E-state index in [0.29, 0.717) is 19.2 Å². The molecule has 0 heterocycles. The van der Waals surface area contributed by atoms with Gasteiger partial charge in [0.05, 0.1) is 6.61 Å². The van der Waals surface area contributed by atoms with Crippen molar-refractivity contribution in [2.24, 2.45) is 0 Å². The lowest BCUT2D eigenvalue weighted by Crippen LogP contribution is -2.36. The molecule has 0 aliphatic heterocycles. The van der Waals surface area contributed by atoms with Gasteiger partial charge in [-0.1, -0.05) is 30.3 Å². The van der Waals surface area contributed by atoms with E-state index in [1.807, 2.05) is 18.2 Å². The largest absolute Gasteiger partial charge is 0.492 e. The van der Waals surface area contributed by atoms with Crippen LogP contribution in [0.1, 0.15) is 13.8 Å². The quantitative estimate of drug-likeness (QED) is 0.842. The Hall–Kier alpha value is -1.58. The SMILES string of the molecule is CC(C)N(CCO)CCOc1ccc2ccccc2c1. The zero-order valence-electron chi connectivity index (χ0n) is 12.2. The summed E-state index contributed by atoms with van der Waals surface area (Å²) in [5.74, 6) is 0.899. The molecule has 20 heavy (non-hydrogen) atoms. The number of hydrogen-bond acceptors (Lipinski definition) is 3. The van der Waals surface area contributed by atoms with Gasteiger partial charge in [0.1, 0.15) is 12.4 Å². The van der Waals surface area contributed by atoms with Crippen LogP contribution in [0.3, 0.4) is 0 Å². The van der Waals surface area contributed by atoms with Crippen molar-refractivity contribution in [3.8, 4) is 5.75 Å². The van der Waals surface area contributed by atoms with Gasteiger partial charge in [-0.15, -0.1) is 0 Å². The Balaban J connectivity index is 1.92. The first-order valence-electron chi connectivity index (χ1n) is 7.17. The van der Waals surface area contributed by atoms with Crippen molar-refractivity contribution >= 4 is 10.8 Å². The molecule has 108 valence electrons. The predicted octanol–water partition coefficient (Wildman–Crippen LogP) is 2.92. The van der Waals surface area contributed by atoms with Crippen LogP contribution in [0.5, 0.6) is 5.75 Å². The van der Waals surface area contributed by atoms with Crippen LogP contribution in [0.25, 0.3) is 10.8 Å². The summed E-state index contributed by atoms with van der Waals surface area (Å²) in [4.78, 5) is 2.21. The van der Waals surface area contributed by atoms with Crippen molar-refractivity contribution in [2.75, 3.05) is 26.3 Å². The van der Waals surface area contributed by atoms with Crippen molar-refractivity contribution in [3.63, 3.8) is 0 Å². The first-order chi connectivity index (χ1) is 9.70. The van der Waals surface area contributed by atoms with Gasteiger partial charge < -0.3 is 9.84 Å². The maximum atomic E-state index is 9.04. The lowest BCUT2D eigenvalue weighted by atomic mass is 10.1. The third-order valence-corrected chi connectivity index (χ3v) is 3.49. The van der Waals surface area contributed by atoms with Crippen LogP contribution < -0.4 is 4.74 Å². The first kappa shape index (κ1) is 14.8. The topological polar surface area (TPSA) is 32.7 Å². The molecule has 0 atom stereocenters. The molecule has 0 saturated carbocycles. The Labute approximate surface area is 120 Å². The van der Waals surface area contributed by atoms with E-state index in [1.54, 1.807) is 0 Å². The van der Waals surface area contributed by atoms with E-state index in [9.17, 15) is 0 Å². The Kier molecular flexibility index (Phi) is 5.39. The molecule has 2 aromatic carbocycles. The number of aliphatic hydroxyl groups is 1. The molecule has 0 bridgehead atoms. The maximum absolute atomic E-state index is 9.04. The summed E-state index contributed by atoms with van der Waals surface area (Å²) in [5, 5.41) is 11.5. The van der Waals surface area contributed by atoms with Crippen molar-refractivity contribution in [1.29, 1.82) is 0 Å². The van der Waals surface area contributed by atoms with Crippen LogP contribution in [0.2, 0.25) is 0 Å². The Morgan fingerprint density at radius 3 is 2.50 bits per heavy atom. The standard InChI is InChI=1S/C17H23NO2/c1-14(2)18(9-11-19)10-12-20-17-8-7-15-5-3-4-6-16(15)13-17/h3-8,13-14,19H,9-12H2,1-2H3. The van der Waals surface area contributed by atoms with Crippen LogP contribution in [-0.4, -0.2) is 42.4 Å². The molecule has 0 saturated heterocycles. The molecule has 0 amide bonds. The minimum Gasteiger partial charge on any atom is -0.492 e. The van der Waals surface area contributed by atoms with Gasteiger partial charge in [-0.25, -0.2) is 0 Å². The van der Waals surface area contributed by atoms with Crippen molar-refractivity contribution in [1.82, 2.24) is 4.90 Å². The molecule has 0 spiro atoms. The Morgan fingerprint density at radius 2 is 1.80 bits per heavy atom. The lowest BCUT2D eigenvalue weighted by molar-refractivity contribution is 0.141. The van der Waals surface area contributed by atoms with Gasteiger partial charge in [-0.3, -0.25) is 4.90 Å². The van der Waals surface area contributed by atoms with Crippen molar-refractivity contribution in [2.45, 2.75) is 19.9 Å². The van der Waals surface area contributed by atoms with Crippen LogP contribution in [0, 0.1) is 0 Å². The molecule has 2 aromatic rings. The van der Waals surface area contributed by atoms with Crippen LogP contribution in [0.15, 0.2) is 42.5 Å². The molecule has 0 aliphatic rings. The van der Waals surface area contributed by atoms with Gasteiger partial charge in [0.15, 0.2) is 0 Å². The van der Waals surface area contributed by atoms with E-state index in [0.717, 1.165) is 12.3 Å². The smallest absolute Gasteiger partial charge is 0.120 e.